The molecule has 2 rings (SSSR count). The van der Waals surface area contributed by atoms with Crippen LogP contribution in [0.15, 0.2) is 42.5 Å². The number of ether oxygens (including phenoxy) is 2. The smallest absolute Gasteiger partial charge is 0.323 e. The summed E-state index contributed by atoms with van der Waals surface area (Å²) in [6.45, 7) is 2.35. The lowest BCUT2D eigenvalue weighted by Crippen LogP contribution is -2.34. The van der Waals surface area contributed by atoms with Crippen LogP contribution >= 0.6 is 23.2 Å². The van der Waals surface area contributed by atoms with Crippen LogP contribution in [0.4, 0.5) is 0 Å². The number of esters is 1. The van der Waals surface area contributed by atoms with Crippen molar-refractivity contribution in [1.82, 2.24) is 0 Å². The second kappa shape index (κ2) is 8.92. The summed E-state index contributed by atoms with van der Waals surface area (Å²) in [5.74, 6) is 0.233. The first-order valence-corrected chi connectivity index (χ1v) is 8.33. The molecule has 0 spiro atoms. The van der Waals surface area contributed by atoms with Crippen LogP contribution in [-0.2, 0) is 22.6 Å². The maximum absolute atomic E-state index is 11.7. The summed E-state index contributed by atoms with van der Waals surface area (Å²) in [5.41, 5.74) is 7.55. The maximum Gasteiger partial charge on any atom is 0.323 e. The molecule has 2 aromatic rings. The molecule has 2 aromatic carbocycles. The summed E-state index contributed by atoms with van der Waals surface area (Å²) in [7, 11) is 0. The van der Waals surface area contributed by atoms with Crippen molar-refractivity contribution in [1.29, 1.82) is 0 Å². The molecule has 0 aliphatic carbocycles. The van der Waals surface area contributed by atoms with Gasteiger partial charge in [0, 0.05) is 22.0 Å². The molecule has 0 fully saturated rings. The number of carbonyl (C=O) groups excluding carboxylic acids is 1. The third-order valence-corrected chi connectivity index (χ3v) is 3.99. The molecular weight excluding hydrogens is 349 g/mol. The lowest BCUT2D eigenvalue weighted by atomic mass is 10.1. The highest BCUT2D eigenvalue weighted by molar-refractivity contribution is 6.35. The molecule has 0 aliphatic heterocycles. The zero-order valence-corrected chi connectivity index (χ0v) is 14.8. The van der Waals surface area contributed by atoms with E-state index in [4.69, 9.17) is 38.4 Å². The van der Waals surface area contributed by atoms with Crippen molar-refractivity contribution < 1.29 is 14.3 Å². The van der Waals surface area contributed by atoms with E-state index in [1.807, 2.05) is 30.3 Å². The molecule has 24 heavy (non-hydrogen) atoms. The SMILES string of the molecule is CCOC(=O)C(N)Cc1ccccc1OCc1ccc(Cl)cc1Cl. The summed E-state index contributed by atoms with van der Waals surface area (Å²) in [4.78, 5) is 11.7. The second-order valence-corrected chi connectivity index (χ2v) is 6.04. The molecule has 6 heteroatoms. The molecule has 1 unspecified atom stereocenters. The molecule has 4 nitrogen and oxygen atoms in total. The van der Waals surface area contributed by atoms with Crippen molar-refractivity contribution in [2.75, 3.05) is 6.61 Å². The third kappa shape index (κ3) is 5.13. The number of hydrogen-bond donors (Lipinski definition) is 1. The predicted octanol–water partition coefficient (Wildman–Crippen LogP) is 4.01. The van der Waals surface area contributed by atoms with Gasteiger partial charge >= 0.3 is 5.97 Å². The third-order valence-electron chi connectivity index (χ3n) is 3.40. The van der Waals surface area contributed by atoms with Crippen molar-refractivity contribution in [3.63, 3.8) is 0 Å². The Kier molecular flexibility index (Phi) is 6.91. The van der Waals surface area contributed by atoms with Gasteiger partial charge in [-0.2, -0.15) is 0 Å². The van der Waals surface area contributed by atoms with E-state index in [9.17, 15) is 4.79 Å². The van der Waals surface area contributed by atoms with Gasteiger partial charge in [-0.15, -0.1) is 0 Å². The molecule has 0 amide bonds. The number of rotatable bonds is 7. The van der Waals surface area contributed by atoms with Crippen LogP contribution in [-0.4, -0.2) is 18.6 Å². The number of para-hydroxylation sites is 1. The molecule has 0 aliphatic rings. The van der Waals surface area contributed by atoms with Crippen molar-refractivity contribution in [3.8, 4) is 5.75 Å². The number of halogens is 2. The largest absolute Gasteiger partial charge is 0.489 e. The Labute approximate surface area is 151 Å². The molecule has 0 saturated heterocycles. The Morgan fingerprint density at radius 3 is 2.62 bits per heavy atom. The van der Waals surface area contributed by atoms with E-state index in [0.717, 1.165) is 11.1 Å². The molecule has 1 atom stereocenters. The fraction of sp³-hybridized carbons (Fsp3) is 0.278. The van der Waals surface area contributed by atoms with Crippen LogP contribution in [0, 0.1) is 0 Å². The minimum atomic E-state index is -0.728. The molecule has 128 valence electrons. The highest BCUT2D eigenvalue weighted by Gasteiger charge is 2.17. The highest BCUT2D eigenvalue weighted by atomic mass is 35.5. The Morgan fingerprint density at radius 1 is 1.17 bits per heavy atom. The van der Waals surface area contributed by atoms with Crippen LogP contribution in [0.5, 0.6) is 5.75 Å². The van der Waals surface area contributed by atoms with E-state index in [2.05, 4.69) is 0 Å². The molecule has 0 bridgehead atoms. The Balaban J connectivity index is 2.07. The highest BCUT2D eigenvalue weighted by Crippen LogP contribution is 2.25. The summed E-state index contributed by atoms with van der Waals surface area (Å²) < 4.78 is 10.8. The van der Waals surface area contributed by atoms with Crippen LogP contribution in [0.1, 0.15) is 18.1 Å². The first kappa shape index (κ1) is 18.6. The predicted molar refractivity (Wildman–Crippen MR) is 95.5 cm³/mol. The van der Waals surface area contributed by atoms with Crippen LogP contribution in [0.2, 0.25) is 10.0 Å². The van der Waals surface area contributed by atoms with Gasteiger partial charge < -0.3 is 15.2 Å². The van der Waals surface area contributed by atoms with Gasteiger partial charge in [0.25, 0.3) is 0 Å². The lowest BCUT2D eigenvalue weighted by Gasteiger charge is -2.15. The van der Waals surface area contributed by atoms with Gasteiger partial charge in [0.05, 0.1) is 6.61 Å². The number of nitrogens with two attached hydrogens (primary N) is 1. The van der Waals surface area contributed by atoms with Crippen LogP contribution in [0.3, 0.4) is 0 Å². The van der Waals surface area contributed by atoms with Gasteiger partial charge in [-0.1, -0.05) is 47.5 Å². The number of benzene rings is 2. The Hall–Kier alpha value is -1.75. The minimum Gasteiger partial charge on any atom is -0.489 e. The fourth-order valence-electron chi connectivity index (χ4n) is 2.18. The van der Waals surface area contributed by atoms with Gasteiger partial charge in [0.15, 0.2) is 0 Å². The molecule has 0 heterocycles. The first-order valence-electron chi connectivity index (χ1n) is 7.58. The summed E-state index contributed by atoms with van der Waals surface area (Å²) >= 11 is 12.0. The topological polar surface area (TPSA) is 61.5 Å². The normalized spacial score (nSPS) is 11.8. The maximum atomic E-state index is 11.7. The van der Waals surface area contributed by atoms with E-state index < -0.39 is 12.0 Å². The molecule has 0 saturated carbocycles. The van der Waals surface area contributed by atoms with Gasteiger partial charge in [-0.3, -0.25) is 4.79 Å². The minimum absolute atomic E-state index is 0.293. The van der Waals surface area contributed by atoms with E-state index in [1.165, 1.54) is 0 Å². The Bertz CT molecular complexity index is 706. The van der Waals surface area contributed by atoms with E-state index in [1.54, 1.807) is 19.1 Å². The van der Waals surface area contributed by atoms with E-state index in [0.29, 0.717) is 35.4 Å². The monoisotopic (exact) mass is 367 g/mol. The average Bonchev–Trinajstić information content (AvgIpc) is 2.55. The molecule has 0 radical (unpaired) electrons. The van der Waals surface area contributed by atoms with Gasteiger partial charge in [-0.05, 0) is 30.7 Å². The zero-order chi connectivity index (χ0) is 17.5. The van der Waals surface area contributed by atoms with Crippen molar-refractivity contribution in [2.24, 2.45) is 5.73 Å². The fourth-order valence-corrected chi connectivity index (χ4v) is 2.64. The first-order chi connectivity index (χ1) is 11.5. The summed E-state index contributed by atoms with van der Waals surface area (Å²) in [5, 5.41) is 1.12. The van der Waals surface area contributed by atoms with Gasteiger partial charge in [0.1, 0.15) is 18.4 Å². The van der Waals surface area contributed by atoms with Crippen molar-refractivity contribution in [2.45, 2.75) is 26.0 Å². The van der Waals surface area contributed by atoms with Crippen molar-refractivity contribution >= 4 is 29.2 Å². The summed E-state index contributed by atoms with van der Waals surface area (Å²) in [6, 6.07) is 12.0. The van der Waals surface area contributed by atoms with E-state index in [-0.39, 0.29) is 0 Å². The van der Waals surface area contributed by atoms with Gasteiger partial charge in [-0.25, -0.2) is 0 Å². The van der Waals surface area contributed by atoms with Crippen LogP contribution in [0.25, 0.3) is 0 Å². The second-order valence-electron chi connectivity index (χ2n) is 5.19. The average molecular weight is 368 g/mol. The Morgan fingerprint density at radius 2 is 1.92 bits per heavy atom. The van der Waals surface area contributed by atoms with E-state index >= 15 is 0 Å². The zero-order valence-electron chi connectivity index (χ0n) is 13.3. The lowest BCUT2D eigenvalue weighted by molar-refractivity contribution is -0.144. The molecule has 2 N–H and O–H groups in total. The number of carbonyl (C=O) groups is 1. The summed E-state index contributed by atoms with van der Waals surface area (Å²) in [6.07, 6.45) is 0.337. The quantitative estimate of drug-likeness (QED) is 0.751. The molecular formula is C18H19Cl2NO3. The molecule has 0 aromatic heterocycles. The van der Waals surface area contributed by atoms with Crippen molar-refractivity contribution in [3.05, 3.63) is 63.6 Å². The van der Waals surface area contributed by atoms with Crippen LogP contribution < -0.4 is 10.5 Å². The number of hydrogen-bond acceptors (Lipinski definition) is 4. The van der Waals surface area contributed by atoms with Gasteiger partial charge in [0.2, 0.25) is 0 Å². The standard InChI is InChI=1S/C18H19Cl2NO3/c1-2-23-18(22)16(21)9-12-5-3-4-6-17(12)24-11-13-7-8-14(19)10-15(13)20/h3-8,10,16H,2,9,11,21H2,1H3.